The molecule has 1 aliphatic rings. The molecule has 0 spiro atoms. The van der Waals surface area contributed by atoms with Crippen molar-refractivity contribution in [1.82, 2.24) is 15.2 Å². The van der Waals surface area contributed by atoms with Gasteiger partial charge in [-0.05, 0) is 49.6 Å². The number of hydrogen-bond acceptors (Lipinski definition) is 3. The van der Waals surface area contributed by atoms with Gasteiger partial charge in [-0.25, -0.2) is 4.39 Å². The second kappa shape index (κ2) is 7.64. The minimum Gasteiger partial charge on any atom is -0.351 e. The maximum absolute atomic E-state index is 13.8. The number of nitrogens with one attached hydrogen (secondary N) is 1. The summed E-state index contributed by atoms with van der Waals surface area (Å²) in [5.74, 6) is -0.668. The van der Waals surface area contributed by atoms with Crippen LogP contribution in [0.5, 0.6) is 0 Å². The molecule has 0 bridgehead atoms. The van der Waals surface area contributed by atoms with Crippen LogP contribution in [-0.2, 0) is 11.3 Å². The van der Waals surface area contributed by atoms with Gasteiger partial charge in [0.1, 0.15) is 5.82 Å². The van der Waals surface area contributed by atoms with Gasteiger partial charge in [-0.15, -0.1) is 0 Å². The summed E-state index contributed by atoms with van der Waals surface area (Å²) >= 11 is 0. The molecule has 3 rings (SSSR count). The minimum absolute atomic E-state index is 0.115. The molecular formula is C20H22FN3O2. The number of likely N-dealkylation sites (tertiary alicyclic amines) is 1. The zero-order chi connectivity index (χ0) is 18.7. The third-order valence-electron chi connectivity index (χ3n) is 4.62. The van der Waals surface area contributed by atoms with Crippen LogP contribution in [0.25, 0.3) is 0 Å². The molecule has 0 saturated carbocycles. The fraction of sp³-hybridized carbons (Fsp3) is 0.350. The van der Waals surface area contributed by atoms with E-state index in [4.69, 9.17) is 0 Å². The van der Waals surface area contributed by atoms with E-state index >= 15 is 0 Å². The number of carbonyl (C=O) groups excluding carboxylic acids is 2. The molecule has 0 radical (unpaired) electrons. The molecule has 1 atom stereocenters. The van der Waals surface area contributed by atoms with Crippen LogP contribution in [0.2, 0.25) is 0 Å². The fourth-order valence-electron chi connectivity index (χ4n) is 3.21. The first kappa shape index (κ1) is 18.0. The molecule has 1 aromatic heterocycles. The van der Waals surface area contributed by atoms with Gasteiger partial charge in [-0.1, -0.05) is 12.1 Å². The maximum Gasteiger partial charge on any atom is 0.254 e. The molecule has 26 heavy (non-hydrogen) atoms. The number of rotatable bonds is 4. The third-order valence-corrected chi connectivity index (χ3v) is 4.62. The van der Waals surface area contributed by atoms with Crippen molar-refractivity contribution >= 4 is 11.8 Å². The average Bonchev–Trinajstić information content (AvgIpc) is 3.11. The van der Waals surface area contributed by atoms with Crippen molar-refractivity contribution in [3.8, 4) is 0 Å². The first-order valence-corrected chi connectivity index (χ1v) is 8.73. The van der Waals surface area contributed by atoms with Gasteiger partial charge in [0.25, 0.3) is 5.91 Å². The standard InChI is InChI=1S/C20H22FN3O2/c1-13-8-9-15(11-17(13)21)20(26)24-10-4-7-19(24)18-6-3-5-16(23-18)12-22-14(2)25/h3,5-6,8-9,11,19H,4,7,10,12H2,1-2H3,(H,22,25)/t19-/m0/s1. The summed E-state index contributed by atoms with van der Waals surface area (Å²) in [6.07, 6.45) is 1.69. The van der Waals surface area contributed by atoms with Crippen molar-refractivity contribution in [2.24, 2.45) is 0 Å². The summed E-state index contributed by atoms with van der Waals surface area (Å²) in [5, 5.41) is 2.73. The summed E-state index contributed by atoms with van der Waals surface area (Å²) in [7, 11) is 0. The number of aryl methyl sites for hydroxylation is 1. The Morgan fingerprint density at radius 3 is 2.85 bits per heavy atom. The lowest BCUT2D eigenvalue weighted by atomic mass is 10.1. The Hall–Kier alpha value is -2.76. The lowest BCUT2D eigenvalue weighted by Crippen LogP contribution is -2.31. The normalized spacial score (nSPS) is 16.6. The quantitative estimate of drug-likeness (QED) is 0.916. The van der Waals surface area contributed by atoms with Crippen LogP contribution < -0.4 is 5.32 Å². The van der Waals surface area contributed by atoms with Crippen LogP contribution in [0, 0.1) is 12.7 Å². The summed E-state index contributed by atoms with van der Waals surface area (Å²) in [4.78, 5) is 30.3. The van der Waals surface area contributed by atoms with Gasteiger partial charge in [-0.3, -0.25) is 14.6 Å². The molecule has 1 aliphatic heterocycles. The van der Waals surface area contributed by atoms with Crippen molar-refractivity contribution in [1.29, 1.82) is 0 Å². The van der Waals surface area contributed by atoms with Gasteiger partial charge in [0.05, 0.1) is 24.0 Å². The van der Waals surface area contributed by atoms with Gasteiger partial charge in [0.2, 0.25) is 5.91 Å². The Morgan fingerprint density at radius 1 is 1.31 bits per heavy atom. The van der Waals surface area contributed by atoms with Gasteiger partial charge < -0.3 is 10.2 Å². The molecular weight excluding hydrogens is 333 g/mol. The number of amides is 2. The lowest BCUT2D eigenvalue weighted by Gasteiger charge is -2.25. The summed E-state index contributed by atoms with van der Waals surface area (Å²) in [6.45, 7) is 4.11. The first-order chi connectivity index (χ1) is 12.5. The van der Waals surface area contributed by atoms with E-state index in [1.54, 1.807) is 24.0 Å². The molecule has 1 N–H and O–H groups in total. The van der Waals surface area contributed by atoms with E-state index in [0.717, 1.165) is 24.2 Å². The number of carbonyl (C=O) groups is 2. The highest BCUT2D eigenvalue weighted by molar-refractivity contribution is 5.94. The highest BCUT2D eigenvalue weighted by Gasteiger charge is 2.31. The molecule has 5 nitrogen and oxygen atoms in total. The Balaban J connectivity index is 1.81. The predicted molar refractivity (Wildman–Crippen MR) is 95.9 cm³/mol. The Bertz CT molecular complexity index is 838. The monoisotopic (exact) mass is 355 g/mol. The Morgan fingerprint density at radius 2 is 2.12 bits per heavy atom. The number of pyridine rings is 1. The predicted octanol–water partition coefficient (Wildman–Crippen LogP) is 3.14. The van der Waals surface area contributed by atoms with Crippen LogP contribution in [0.3, 0.4) is 0 Å². The summed E-state index contributed by atoms with van der Waals surface area (Å²) in [6, 6.07) is 10.1. The highest BCUT2D eigenvalue weighted by Crippen LogP contribution is 2.32. The second-order valence-corrected chi connectivity index (χ2v) is 6.58. The van der Waals surface area contributed by atoms with Crippen molar-refractivity contribution in [2.45, 2.75) is 39.3 Å². The topological polar surface area (TPSA) is 62.3 Å². The third kappa shape index (κ3) is 3.90. The maximum atomic E-state index is 13.8. The van der Waals surface area contributed by atoms with Crippen molar-refractivity contribution < 1.29 is 14.0 Å². The molecule has 0 aliphatic carbocycles. The molecule has 1 saturated heterocycles. The molecule has 2 aromatic rings. The Labute approximate surface area is 152 Å². The van der Waals surface area contributed by atoms with Gasteiger partial charge in [0, 0.05) is 19.0 Å². The van der Waals surface area contributed by atoms with Crippen LogP contribution in [0.1, 0.15) is 53.1 Å². The Kier molecular flexibility index (Phi) is 5.30. The first-order valence-electron chi connectivity index (χ1n) is 8.73. The van der Waals surface area contributed by atoms with Crippen LogP contribution in [0.15, 0.2) is 36.4 Å². The summed E-state index contributed by atoms with van der Waals surface area (Å²) < 4.78 is 13.8. The fourth-order valence-corrected chi connectivity index (χ4v) is 3.21. The van der Waals surface area contributed by atoms with Crippen molar-refractivity contribution in [3.63, 3.8) is 0 Å². The molecule has 1 aromatic carbocycles. The van der Waals surface area contributed by atoms with Crippen molar-refractivity contribution in [2.75, 3.05) is 6.54 Å². The van der Waals surface area contributed by atoms with E-state index in [1.165, 1.54) is 13.0 Å². The van der Waals surface area contributed by atoms with E-state index < -0.39 is 0 Å². The zero-order valence-corrected chi connectivity index (χ0v) is 15.0. The van der Waals surface area contributed by atoms with E-state index in [-0.39, 0.29) is 23.7 Å². The van der Waals surface area contributed by atoms with E-state index in [0.29, 0.717) is 24.2 Å². The SMILES string of the molecule is CC(=O)NCc1cccc([C@@H]2CCCN2C(=O)c2ccc(C)c(F)c2)n1. The molecule has 1 fully saturated rings. The molecule has 6 heteroatoms. The molecule has 136 valence electrons. The molecule has 2 heterocycles. The average molecular weight is 355 g/mol. The smallest absolute Gasteiger partial charge is 0.254 e. The lowest BCUT2D eigenvalue weighted by molar-refractivity contribution is -0.119. The largest absolute Gasteiger partial charge is 0.351 e. The van der Waals surface area contributed by atoms with Crippen LogP contribution in [-0.4, -0.2) is 28.2 Å². The van der Waals surface area contributed by atoms with Gasteiger partial charge in [-0.2, -0.15) is 0 Å². The van der Waals surface area contributed by atoms with E-state index in [2.05, 4.69) is 10.3 Å². The zero-order valence-electron chi connectivity index (χ0n) is 15.0. The molecule has 2 amide bonds. The van der Waals surface area contributed by atoms with Crippen LogP contribution >= 0.6 is 0 Å². The second-order valence-electron chi connectivity index (χ2n) is 6.58. The highest BCUT2D eigenvalue weighted by atomic mass is 19.1. The number of hydrogen-bond donors (Lipinski definition) is 1. The van der Waals surface area contributed by atoms with Crippen LogP contribution in [0.4, 0.5) is 4.39 Å². The number of nitrogens with zero attached hydrogens (tertiary/aromatic N) is 2. The van der Waals surface area contributed by atoms with E-state index in [9.17, 15) is 14.0 Å². The van der Waals surface area contributed by atoms with Gasteiger partial charge in [0.15, 0.2) is 0 Å². The minimum atomic E-state index is -0.373. The number of aromatic nitrogens is 1. The number of halogens is 1. The number of benzene rings is 1. The molecule has 0 unspecified atom stereocenters. The van der Waals surface area contributed by atoms with E-state index in [1.807, 2.05) is 18.2 Å². The van der Waals surface area contributed by atoms with Crippen molar-refractivity contribution in [3.05, 3.63) is 64.7 Å². The van der Waals surface area contributed by atoms with Gasteiger partial charge >= 0.3 is 0 Å². The summed E-state index contributed by atoms with van der Waals surface area (Å²) in [5.41, 5.74) is 2.42.